The molecule has 15 heavy (non-hydrogen) atoms. The van der Waals surface area contributed by atoms with Crippen molar-refractivity contribution >= 4 is 6.08 Å². The van der Waals surface area contributed by atoms with E-state index in [1.54, 1.807) is 0 Å². The van der Waals surface area contributed by atoms with Gasteiger partial charge >= 0.3 is 0 Å². The first-order chi connectivity index (χ1) is 6.86. The Morgan fingerprint density at radius 2 is 1.33 bits per heavy atom. The van der Waals surface area contributed by atoms with Crippen LogP contribution in [0.1, 0.15) is 47.2 Å². The minimum atomic E-state index is 0.211. The lowest BCUT2D eigenvalue weighted by molar-refractivity contribution is 0.675. The molecule has 80 valence electrons. The highest BCUT2D eigenvalue weighted by atomic mass is 14.3. The number of benzene rings is 1. The summed E-state index contributed by atoms with van der Waals surface area (Å²) in [5.74, 6) is 0. The van der Waals surface area contributed by atoms with Crippen molar-refractivity contribution in [2.45, 2.75) is 47.0 Å². The number of fused-ring (bicyclic) bond motifs is 1. The van der Waals surface area contributed by atoms with Gasteiger partial charge in [0.25, 0.3) is 0 Å². The number of hydrogen-bond donors (Lipinski definition) is 0. The van der Waals surface area contributed by atoms with Gasteiger partial charge in [-0.1, -0.05) is 26.0 Å². The summed E-state index contributed by atoms with van der Waals surface area (Å²) < 4.78 is 0. The van der Waals surface area contributed by atoms with Crippen LogP contribution in [0.5, 0.6) is 0 Å². The fourth-order valence-corrected chi connectivity index (χ4v) is 2.76. The first-order valence-corrected chi connectivity index (χ1v) is 5.66. The molecule has 0 amide bonds. The summed E-state index contributed by atoms with van der Waals surface area (Å²) in [5.41, 5.74) is 9.04. The molecule has 0 nitrogen and oxygen atoms in total. The highest BCUT2D eigenvalue weighted by Crippen LogP contribution is 2.41. The maximum Gasteiger partial charge on any atom is 0.00873 e. The van der Waals surface area contributed by atoms with Gasteiger partial charge in [-0.15, -0.1) is 0 Å². The van der Waals surface area contributed by atoms with Crippen molar-refractivity contribution in [3.63, 3.8) is 0 Å². The van der Waals surface area contributed by atoms with Crippen molar-refractivity contribution in [2.24, 2.45) is 0 Å². The van der Waals surface area contributed by atoms with Crippen LogP contribution in [-0.2, 0) is 5.41 Å². The third-order valence-electron chi connectivity index (χ3n) is 4.05. The second-order valence-electron chi connectivity index (χ2n) is 5.34. The summed E-state index contributed by atoms with van der Waals surface area (Å²) in [5, 5.41) is 0. The minimum Gasteiger partial charge on any atom is -0.0738 e. The number of rotatable bonds is 0. The SMILES string of the molecule is Cc1c(C)c(C)c2c(c1C)C=CC2(C)C. The monoisotopic (exact) mass is 200 g/mol. The van der Waals surface area contributed by atoms with Crippen LogP contribution in [0.15, 0.2) is 6.08 Å². The van der Waals surface area contributed by atoms with Crippen molar-refractivity contribution in [1.82, 2.24) is 0 Å². The van der Waals surface area contributed by atoms with Gasteiger partial charge in [-0.05, 0) is 61.1 Å². The molecule has 0 fully saturated rings. The Bertz CT molecular complexity index is 460. The maximum atomic E-state index is 2.33. The van der Waals surface area contributed by atoms with Crippen LogP contribution < -0.4 is 0 Å². The van der Waals surface area contributed by atoms with E-state index in [0.717, 1.165) is 0 Å². The molecule has 1 aromatic carbocycles. The molecule has 0 saturated heterocycles. The largest absolute Gasteiger partial charge is 0.0738 e. The third-order valence-corrected chi connectivity index (χ3v) is 4.05. The average molecular weight is 200 g/mol. The van der Waals surface area contributed by atoms with Crippen LogP contribution in [0.25, 0.3) is 6.08 Å². The zero-order valence-electron chi connectivity index (χ0n) is 10.7. The summed E-state index contributed by atoms with van der Waals surface area (Å²) in [6.45, 7) is 13.6. The summed E-state index contributed by atoms with van der Waals surface area (Å²) in [4.78, 5) is 0. The molecule has 2 rings (SSSR count). The predicted molar refractivity (Wildman–Crippen MR) is 67.5 cm³/mol. The molecule has 1 aromatic rings. The van der Waals surface area contributed by atoms with Gasteiger partial charge in [-0.25, -0.2) is 0 Å². The van der Waals surface area contributed by atoms with Gasteiger partial charge in [-0.3, -0.25) is 0 Å². The Morgan fingerprint density at radius 1 is 0.800 bits per heavy atom. The quantitative estimate of drug-likeness (QED) is 0.588. The molecular formula is C15H20. The zero-order valence-corrected chi connectivity index (χ0v) is 10.7. The molecule has 0 saturated carbocycles. The molecule has 1 aliphatic carbocycles. The molecule has 0 N–H and O–H groups in total. The Morgan fingerprint density at radius 3 is 1.93 bits per heavy atom. The van der Waals surface area contributed by atoms with Gasteiger partial charge < -0.3 is 0 Å². The molecule has 0 spiro atoms. The summed E-state index contributed by atoms with van der Waals surface area (Å²) in [7, 11) is 0. The van der Waals surface area contributed by atoms with E-state index >= 15 is 0 Å². The van der Waals surface area contributed by atoms with Crippen LogP contribution in [0.2, 0.25) is 0 Å². The second kappa shape index (κ2) is 2.98. The molecule has 0 heterocycles. The molecule has 0 aliphatic heterocycles. The van der Waals surface area contributed by atoms with Crippen molar-refractivity contribution in [1.29, 1.82) is 0 Å². The minimum absolute atomic E-state index is 0.211. The topological polar surface area (TPSA) is 0 Å². The zero-order chi connectivity index (χ0) is 11.4. The van der Waals surface area contributed by atoms with Gasteiger partial charge in [0.1, 0.15) is 0 Å². The van der Waals surface area contributed by atoms with E-state index in [9.17, 15) is 0 Å². The van der Waals surface area contributed by atoms with Gasteiger partial charge in [0, 0.05) is 5.41 Å². The van der Waals surface area contributed by atoms with Crippen molar-refractivity contribution in [3.8, 4) is 0 Å². The Labute approximate surface area is 93.0 Å². The average Bonchev–Trinajstić information content (AvgIpc) is 2.48. The van der Waals surface area contributed by atoms with E-state index in [1.165, 1.54) is 33.4 Å². The van der Waals surface area contributed by atoms with E-state index in [2.05, 4.69) is 53.7 Å². The maximum absolute atomic E-state index is 2.33. The molecule has 0 heteroatoms. The highest BCUT2D eigenvalue weighted by Gasteiger charge is 2.29. The van der Waals surface area contributed by atoms with Crippen LogP contribution in [0.4, 0.5) is 0 Å². The van der Waals surface area contributed by atoms with E-state index in [4.69, 9.17) is 0 Å². The summed E-state index contributed by atoms with van der Waals surface area (Å²) >= 11 is 0. The Kier molecular flexibility index (Phi) is 2.08. The molecular weight excluding hydrogens is 180 g/mol. The van der Waals surface area contributed by atoms with Crippen LogP contribution in [0, 0.1) is 27.7 Å². The fourth-order valence-electron chi connectivity index (χ4n) is 2.76. The van der Waals surface area contributed by atoms with E-state index in [0.29, 0.717) is 0 Å². The third kappa shape index (κ3) is 1.27. The van der Waals surface area contributed by atoms with Gasteiger partial charge in [0.05, 0.1) is 0 Å². The lowest BCUT2D eigenvalue weighted by Crippen LogP contribution is -2.15. The first kappa shape index (κ1) is 10.5. The predicted octanol–water partition coefficient (Wildman–Crippen LogP) is 4.22. The second-order valence-corrected chi connectivity index (χ2v) is 5.34. The fraction of sp³-hybridized carbons (Fsp3) is 0.467. The lowest BCUT2D eigenvalue weighted by Gasteiger charge is -2.24. The van der Waals surface area contributed by atoms with E-state index in [1.807, 2.05) is 0 Å². The van der Waals surface area contributed by atoms with Crippen molar-refractivity contribution < 1.29 is 0 Å². The van der Waals surface area contributed by atoms with Gasteiger partial charge in [-0.2, -0.15) is 0 Å². The number of hydrogen-bond acceptors (Lipinski definition) is 0. The Balaban J connectivity index is 2.87. The van der Waals surface area contributed by atoms with Gasteiger partial charge in [0.2, 0.25) is 0 Å². The Hall–Kier alpha value is -1.04. The van der Waals surface area contributed by atoms with Crippen molar-refractivity contribution in [2.75, 3.05) is 0 Å². The highest BCUT2D eigenvalue weighted by molar-refractivity contribution is 5.71. The summed E-state index contributed by atoms with van der Waals surface area (Å²) in [6, 6.07) is 0. The molecule has 0 radical (unpaired) electrons. The van der Waals surface area contributed by atoms with Crippen molar-refractivity contribution in [3.05, 3.63) is 39.5 Å². The molecule has 0 atom stereocenters. The standard InChI is InChI=1S/C15H20/c1-9-10(2)12(4)14-13(11(9)3)7-8-15(14,5)6/h7-8H,1-6H3. The van der Waals surface area contributed by atoms with Crippen LogP contribution in [-0.4, -0.2) is 0 Å². The molecule has 0 unspecified atom stereocenters. The molecule has 0 bridgehead atoms. The number of allylic oxidation sites excluding steroid dienone is 1. The normalized spacial score (nSPS) is 16.9. The molecule has 0 aromatic heterocycles. The molecule has 1 aliphatic rings. The smallest absolute Gasteiger partial charge is 0.00873 e. The van der Waals surface area contributed by atoms with E-state index < -0.39 is 0 Å². The lowest BCUT2D eigenvalue weighted by atomic mass is 9.80. The van der Waals surface area contributed by atoms with Crippen LogP contribution in [0.3, 0.4) is 0 Å². The van der Waals surface area contributed by atoms with Crippen LogP contribution >= 0.6 is 0 Å². The summed E-state index contributed by atoms with van der Waals surface area (Å²) in [6.07, 6.45) is 4.63. The first-order valence-electron chi connectivity index (χ1n) is 5.66. The van der Waals surface area contributed by atoms with Gasteiger partial charge in [0.15, 0.2) is 0 Å². The van der Waals surface area contributed by atoms with E-state index in [-0.39, 0.29) is 5.41 Å².